The summed E-state index contributed by atoms with van der Waals surface area (Å²) in [7, 11) is 1.57. The number of hydrogen-bond acceptors (Lipinski definition) is 4. The van der Waals surface area contributed by atoms with E-state index in [4.69, 9.17) is 4.74 Å². The molecule has 9 heteroatoms. The second-order valence-corrected chi connectivity index (χ2v) is 8.87. The number of ether oxygens (including phenoxy) is 1. The number of amides is 2. The monoisotopic (exact) mass is 450 g/mol. The molecule has 1 spiro atoms. The number of anilines is 1. The lowest BCUT2D eigenvalue weighted by molar-refractivity contribution is -0.137. The van der Waals surface area contributed by atoms with Crippen LogP contribution in [-0.2, 0) is 11.0 Å². The third-order valence-electron chi connectivity index (χ3n) is 5.72. The molecular weight excluding hydrogens is 429 g/mol. The Labute approximate surface area is 182 Å². The maximum absolute atomic E-state index is 13.0. The molecule has 0 saturated carbocycles. The van der Waals surface area contributed by atoms with Gasteiger partial charge in [0.2, 0.25) is 5.91 Å². The maximum atomic E-state index is 13.0. The molecule has 0 bridgehead atoms. The fourth-order valence-corrected chi connectivity index (χ4v) is 5.43. The third-order valence-corrected chi connectivity index (χ3v) is 7.24. The summed E-state index contributed by atoms with van der Waals surface area (Å²) >= 11 is 1.56. The number of alkyl halides is 3. The average molecular weight is 450 g/mol. The topological polar surface area (TPSA) is 49.9 Å². The van der Waals surface area contributed by atoms with Crippen molar-refractivity contribution in [1.82, 2.24) is 4.90 Å². The van der Waals surface area contributed by atoms with Crippen LogP contribution in [0.15, 0.2) is 48.5 Å². The third kappa shape index (κ3) is 4.11. The zero-order valence-corrected chi connectivity index (χ0v) is 17.6. The Bertz CT molecular complexity index is 986. The van der Waals surface area contributed by atoms with E-state index in [0.717, 1.165) is 17.8 Å². The van der Waals surface area contributed by atoms with Crippen molar-refractivity contribution in [2.75, 3.05) is 30.9 Å². The first-order chi connectivity index (χ1) is 14.7. The molecule has 2 aromatic carbocycles. The van der Waals surface area contributed by atoms with Crippen LogP contribution in [-0.4, -0.2) is 47.5 Å². The first kappa shape index (κ1) is 21.5. The fourth-order valence-electron chi connectivity index (χ4n) is 4.10. The predicted molar refractivity (Wildman–Crippen MR) is 112 cm³/mol. The maximum Gasteiger partial charge on any atom is 0.416 e. The predicted octanol–water partition coefficient (Wildman–Crippen LogP) is 4.43. The number of methoxy groups -OCH3 is 1. The van der Waals surface area contributed by atoms with E-state index in [-0.39, 0.29) is 11.5 Å². The van der Waals surface area contributed by atoms with Crippen molar-refractivity contribution in [2.45, 2.75) is 23.9 Å². The minimum Gasteiger partial charge on any atom is -0.497 e. The summed E-state index contributed by atoms with van der Waals surface area (Å²) in [6.07, 6.45) is -3.41. The Hall–Kier alpha value is -2.68. The standard InChI is InChI=1S/C22H21F3N2O3S/c1-30-18-7-5-17(6-8-18)27-19(28)14-31-21(27)9-11-26(12-10-21)20(29)15-3-2-4-16(13-15)22(23,24)25/h2-8,13H,9-12,14H2,1H3. The molecule has 2 aliphatic rings. The number of carbonyl (C=O) groups excluding carboxylic acids is 2. The van der Waals surface area contributed by atoms with Crippen LogP contribution >= 0.6 is 11.8 Å². The molecule has 0 atom stereocenters. The lowest BCUT2D eigenvalue weighted by Crippen LogP contribution is -2.53. The molecule has 31 heavy (non-hydrogen) atoms. The first-order valence-electron chi connectivity index (χ1n) is 9.81. The number of thioether (sulfide) groups is 1. The number of nitrogens with zero attached hydrogens (tertiary/aromatic N) is 2. The molecule has 2 amide bonds. The zero-order valence-electron chi connectivity index (χ0n) is 16.8. The van der Waals surface area contributed by atoms with Gasteiger partial charge in [0, 0.05) is 24.3 Å². The highest BCUT2D eigenvalue weighted by Crippen LogP contribution is 2.47. The van der Waals surface area contributed by atoms with Gasteiger partial charge in [-0.2, -0.15) is 13.2 Å². The Morgan fingerprint density at radius 1 is 1.10 bits per heavy atom. The van der Waals surface area contributed by atoms with Crippen LogP contribution in [0.4, 0.5) is 18.9 Å². The molecule has 2 aromatic rings. The number of halogens is 3. The summed E-state index contributed by atoms with van der Waals surface area (Å²) < 4.78 is 44.2. The van der Waals surface area contributed by atoms with E-state index in [0.29, 0.717) is 37.4 Å². The molecule has 0 radical (unpaired) electrons. The van der Waals surface area contributed by atoms with E-state index in [1.54, 1.807) is 40.8 Å². The summed E-state index contributed by atoms with van der Waals surface area (Å²) in [5.41, 5.74) is -0.0455. The summed E-state index contributed by atoms with van der Waals surface area (Å²) in [4.78, 5) is 28.4. The molecule has 2 fully saturated rings. The van der Waals surface area contributed by atoms with E-state index >= 15 is 0 Å². The van der Waals surface area contributed by atoms with E-state index in [1.807, 2.05) is 12.1 Å². The molecular formula is C22H21F3N2O3S. The molecule has 5 nitrogen and oxygen atoms in total. The number of rotatable bonds is 3. The summed E-state index contributed by atoms with van der Waals surface area (Å²) in [6, 6.07) is 11.8. The Kier molecular flexibility index (Phi) is 5.63. The molecule has 0 unspecified atom stereocenters. The SMILES string of the molecule is COc1ccc(N2C(=O)CSC23CCN(C(=O)c2cccc(C(F)(F)F)c2)CC3)cc1. The number of benzene rings is 2. The van der Waals surface area contributed by atoms with Gasteiger partial charge in [0.25, 0.3) is 5.91 Å². The lowest BCUT2D eigenvalue weighted by Gasteiger charge is -2.44. The van der Waals surface area contributed by atoms with Crippen molar-refractivity contribution >= 4 is 29.3 Å². The van der Waals surface area contributed by atoms with E-state index in [9.17, 15) is 22.8 Å². The van der Waals surface area contributed by atoms with Gasteiger partial charge in [0.15, 0.2) is 0 Å². The minimum absolute atomic E-state index is 0.00724. The van der Waals surface area contributed by atoms with Gasteiger partial charge in [0.05, 0.1) is 23.3 Å². The van der Waals surface area contributed by atoms with Gasteiger partial charge in [-0.1, -0.05) is 6.07 Å². The average Bonchev–Trinajstić information content (AvgIpc) is 3.09. The second kappa shape index (κ2) is 8.11. The highest BCUT2D eigenvalue weighted by molar-refractivity contribution is 8.02. The van der Waals surface area contributed by atoms with Gasteiger partial charge in [0.1, 0.15) is 5.75 Å². The van der Waals surface area contributed by atoms with Crippen molar-refractivity contribution in [3.63, 3.8) is 0 Å². The largest absolute Gasteiger partial charge is 0.497 e. The number of likely N-dealkylation sites (tertiary alicyclic amines) is 1. The molecule has 4 rings (SSSR count). The first-order valence-corrected chi connectivity index (χ1v) is 10.8. The van der Waals surface area contributed by atoms with E-state index < -0.39 is 22.5 Å². The minimum atomic E-state index is -4.50. The van der Waals surface area contributed by atoms with Crippen molar-refractivity contribution in [3.05, 3.63) is 59.7 Å². The van der Waals surface area contributed by atoms with Crippen molar-refractivity contribution < 1.29 is 27.5 Å². The molecule has 0 aliphatic carbocycles. The molecule has 2 aliphatic heterocycles. The molecule has 164 valence electrons. The molecule has 2 saturated heterocycles. The molecule has 2 heterocycles. The number of hydrogen-bond donors (Lipinski definition) is 0. The van der Waals surface area contributed by atoms with Gasteiger partial charge in [-0.25, -0.2) is 0 Å². The van der Waals surface area contributed by atoms with Gasteiger partial charge in [-0.3, -0.25) is 14.5 Å². The van der Waals surface area contributed by atoms with Crippen molar-refractivity contribution in [1.29, 1.82) is 0 Å². The summed E-state index contributed by atoms with van der Waals surface area (Å²) in [6.45, 7) is 0.726. The smallest absolute Gasteiger partial charge is 0.416 e. The summed E-state index contributed by atoms with van der Waals surface area (Å²) in [5, 5.41) is 0. The van der Waals surface area contributed by atoms with Gasteiger partial charge in [-0.05, 0) is 55.3 Å². The van der Waals surface area contributed by atoms with Crippen molar-refractivity contribution in [2.24, 2.45) is 0 Å². The van der Waals surface area contributed by atoms with Crippen LogP contribution < -0.4 is 9.64 Å². The zero-order chi connectivity index (χ0) is 22.2. The van der Waals surface area contributed by atoms with Crippen LogP contribution in [0.1, 0.15) is 28.8 Å². The van der Waals surface area contributed by atoms with Gasteiger partial charge >= 0.3 is 6.18 Å². The molecule has 0 N–H and O–H groups in total. The fraction of sp³-hybridized carbons (Fsp3) is 0.364. The number of piperidine rings is 1. The Morgan fingerprint density at radius 3 is 2.39 bits per heavy atom. The van der Waals surface area contributed by atoms with Crippen LogP contribution in [0.5, 0.6) is 5.75 Å². The number of carbonyl (C=O) groups is 2. The van der Waals surface area contributed by atoms with Crippen molar-refractivity contribution in [3.8, 4) is 5.75 Å². The van der Waals surface area contributed by atoms with Crippen LogP contribution in [0.25, 0.3) is 0 Å². The highest BCUT2D eigenvalue weighted by atomic mass is 32.2. The van der Waals surface area contributed by atoms with Crippen LogP contribution in [0.2, 0.25) is 0 Å². The molecule has 0 aromatic heterocycles. The van der Waals surface area contributed by atoms with Crippen LogP contribution in [0, 0.1) is 0 Å². The van der Waals surface area contributed by atoms with Gasteiger partial charge < -0.3 is 9.64 Å². The quantitative estimate of drug-likeness (QED) is 0.695. The van der Waals surface area contributed by atoms with Crippen LogP contribution in [0.3, 0.4) is 0 Å². The highest BCUT2D eigenvalue weighted by Gasteiger charge is 2.49. The van der Waals surface area contributed by atoms with Gasteiger partial charge in [-0.15, -0.1) is 11.8 Å². The lowest BCUT2D eigenvalue weighted by atomic mass is 10.00. The summed E-state index contributed by atoms with van der Waals surface area (Å²) in [5.74, 6) is 0.630. The second-order valence-electron chi connectivity index (χ2n) is 7.53. The Morgan fingerprint density at radius 2 is 1.77 bits per heavy atom. The van der Waals surface area contributed by atoms with E-state index in [2.05, 4.69) is 0 Å². The van der Waals surface area contributed by atoms with E-state index in [1.165, 1.54) is 12.1 Å². The Balaban J connectivity index is 1.50. The normalized spacial score (nSPS) is 18.5.